The maximum atomic E-state index is 11.5. The minimum atomic E-state index is -0.210. The maximum Gasteiger partial charge on any atom is 0.234 e. The highest BCUT2D eigenvalue weighted by Gasteiger charge is 2.24. The van der Waals surface area contributed by atoms with Gasteiger partial charge in [-0.05, 0) is 25.2 Å². The van der Waals surface area contributed by atoms with Crippen molar-refractivity contribution in [1.29, 1.82) is 0 Å². The molecule has 104 valence electrons. The third-order valence-corrected chi connectivity index (χ3v) is 4.25. The first-order valence-corrected chi connectivity index (χ1v) is 7.40. The van der Waals surface area contributed by atoms with Crippen LogP contribution in [0.2, 0.25) is 0 Å². The van der Waals surface area contributed by atoms with Gasteiger partial charge >= 0.3 is 0 Å². The summed E-state index contributed by atoms with van der Waals surface area (Å²) in [6.07, 6.45) is 9.89. The monoisotopic (exact) mass is 254 g/mol. The summed E-state index contributed by atoms with van der Waals surface area (Å²) in [7, 11) is 0. The number of carbonyl (C=O) groups excluding carboxylic acids is 1. The molecule has 4 nitrogen and oxygen atoms in total. The fraction of sp³-hybridized carbons (Fsp3) is 0.929. The van der Waals surface area contributed by atoms with Crippen molar-refractivity contribution < 1.29 is 9.53 Å². The Hall–Kier alpha value is -0.610. The third kappa shape index (κ3) is 4.25. The maximum absolute atomic E-state index is 11.5. The summed E-state index contributed by atoms with van der Waals surface area (Å²) in [6.45, 7) is 1.62. The largest absolute Gasteiger partial charge is 0.377 e. The zero-order valence-corrected chi connectivity index (χ0v) is 11.2. The van der Waals surface area contributed by atoms with Crippen LogP contribution < -0.4 is 11.1 Å². The number of hydrogen-bond donors (Lipinski definition) is 2. The van der Waals surface area contributed by atoms with Gasteiger partial charge in [-0.1, -0.05) is 32.1 Å². The van der Waals surface area contributed by atoms with E-state index in [1.54, 1.807) is 0 Å². The van der Waals surface area contributed by atoms with E-state index in [1.807, 2.05) is 0 Å². The van der Waals surface area contributed by atoms with Crippen molar-refractivity contribution in [3.8, 4) is 0 Å². The summed E-state index contributed by atoms with van der Waals surface area (Å²) in [4.78, 5) is 11.5. The average molecular weight is 254 g/mol. The van der Waals surface area contributed by atoms with Crippen LogP contribution >= 0.6 is 0 Å². The van der Waals surface area contributed by atoms with Crippen molar-refractivity contribution in [2.24, 2.45) is 11.7 Å². The minimum absolute atomic E-state index is 0.169. The van der Waals surface area contributed by atoms with E-state index < -0.39 is 0 Å². The van der Waals surface area contributed by atoms with E-state index in [4.69, 9.17) is 10.5 Å². The number of amides is 1. The summed E-state index contributed by atoms with van der Waals surface area (Å²) in [5.41, 5.74) is 5.50. The van der Waals surface area contributed by atoms with Crippen molar-refractivity contribution in [3.63, 3.8) is 0 Å². The first-order valence-electron chi connectivity index (χ1n) is 7.40. The lowest BCUT2D eigenvalue weighted by atomic mass is 9.84. The molecule has 0 aromatic rings. The number of primary amides is 1. The first-order chi connectivity index (χ1) is 8.75. The summed E-state index contributed by atoms with van der Waals surface area (Å²) in [6, 6.07) is -0.169. The van der Waals surface area contributed by atoms with Gasteiger partial charge in [-0.15, -0.1) is 0 Å². The number of carbonyl (C=O) groups is 1. The second-order valence-electron chi connectivity index (χ2n) is 5.74. The molecule has 2 unspecified atom stereocenters. The van der Waals surface area contributed by atoms with Crippen LogP contribution in [0.25, 0.3) is 0 Å². The molecule has 0 aromatic heterocycles. The lowest BCUT2D eigenvalue weighted by Crippen LogP contribution is -2.45. The fourth-order valence-corrected chi connectivity index (χ4v) is 3.14. The Morgan fingerprint density at radius 1 is 1.22 bits per heavy atom. The van der Waals surface area contributed by atoms with Crippen molar-refractivity contribution in [2.75, 3.05) is 13.2 Å². The van der Waals surface area contributed by atoms with Gasteiger partial charge in [0.25, 0.3) is 0 Å². The topological polar surface area (TPSA) is 64.4 Å². The third-order valence-electron chi connectivity index (χ3n) is 4.25. The van der Waals surface area contributed by atoms with Crippen LogP contribution in [0.15, 0.2) is 0 Å². The van der Waals surface area contributed by atoms with Crippen LogP contribution in [0, 0.1) is 5.92 Å². The SMILES string of the molecule is NC(=O)C(CC1CCCCC1)NCC1CCCO1. The minimum Gasteiger partial charge on any atom is -0.377 e. The van der Waals surface area contributed by atoms with Gasteiger partial charge in [0.15, 0.2) is 0 Å². The second kappa shape index (κ2) is 7.10. The molecule has 3 N–H and O–H groups in total. The van der Waals surface area contributed by atoms with Gasteiger partial charge in [0.05, 0.1) is 12.1 Å². The van der Waals surface area contributed by atoms with E-state index in [9.17, 15) is 4.79 Å². The van der Waals surface area contributed by atoms with Gasteiger partial charge in [0, 0.05) is 13.2 Å². The molecule has 0 aromatic carbocycles. The molecule has 1 saturated carbocycles. The molecule has 1 saturated heterocycles. The van der Waals surface area contributed by atoms with Gasteiger partial charge in [-0.2, -0.15) is 0 Å². The second-order valence-corrected chi connectivity index (χ2v) is 5.74. The number of rotatable bonds is 6. The van der Waals surface area contributed by atoms with Crippen LogP contribution in [0.3, 0.4) is 0 Å². The molecule has 1 aliphatic carbocycles. The van der Waals surface area contributed by atoms with E-state index >= 15 is 0 Å². The Balaban J connectivity index is 1.73. The predicted molar refractivity (Wildman–Crippen MR) is 71.2 cm³/mol. The first kappa shape index (κ1) is 13.8. The van der Waals surface area contributed by atoms with Crippen molar-refractivity contribution in [3.05, 3.63) is 0 Å². The molecule has 4 heteroatoms. The Morgan fingerprint density at radius 3 is 2.61 bits per heavy atom. The molecule has 0 bridgehead atoms. The molecule has 2 atom stereocenters. The summed E-state index contributed by atoms with van der Waals surface area (Å²) >= 11 is 0. The molecule has 0 spiro atoms. The molecule has 1 aliphatic heterocycles. The van der Waals surface area contributed by atoms with Crippen LogP contribution in [0.4, 0.5) is 0 Å². The molecule has 1 amide bonds. The zero-order valence-electron chi connectivity index (χ0n) is 11.2. The van der Waals surface area contributed by atoms with Crippen LogP contribution in [-0.2, 0) is 9.53 Å². The normalized spacial score (nSPS) is 27.2. The number of nitrogens with two attached hydrogens (primary N) is 1. The highest BCUT2D eigenvalue weighted by Crippen LogP contribution is 2.27. The summed E-state index contributed by atoms with van der Waals surface area (Å²) < 4.78 is 5.56. The molecule has 2 fully saturated rings. The summed E-state index contributed by atoms with van der Waals surface area (Å²) in [5, 5.41) is 3.31. The predicted octanol–water partition coefficient (Wildman–Crippen LogP) is 1.58. The lowest BCUT2D eigenvalue weighted by molar-refractivity contribution is -0.120. The Morgan fingerprint density at radius 2 is 2.00 bits per heavy atom. The van der Waals surface area contributed by atoms with E-state index in [1.165, 1.54) is 32.1 Å². The summed E-state index contributed by atoms with van der Waals surface area (Å²) in [5.74, 6) is 0.465. The van der Waals surface area contributed by atoms with Crippen molar-refractivity contribution >= 4 is 5.91 Å². The quantitative estimate of drug-likeness (QED) is 0.756. The Kier molecular flexibility index (Phi) is 5.45. The molecular formula is C14H26N2O2. The number of ether oxygens (including phenoxy) is 1. The van der Waals surface area contributed by atoms with E-state index in [0.717, 1.165) is 32.4 Å². The fourth-order valence-electron chi connectivity index (χ4n) is 3.14. The highest BCUT2D eigenvalue weighted by molar-refractivity contribution is 5.79. The smallest absolute Gasteiger partial charge is 0.234 e. The van der Waals surface area contributed by atoms with Gasteiger partial charge in [0.1, 0.15) is 0 Å². The van der Waals surface area contributed by atoms with Gasteiger partial charge in [-0.3, -0.25) is 4.79 Å². The van der Waals surface area contributed by atoms with Crippen LogP contribution in [-0.4, -0.2) is 31.2 Å². The molecule has 1 heterocycles. The lowest BCUT2D eigenvalue weighted by Gasteiger charge is -2.26. The van der Waals surface area contributed by atoms with Crippen LogP contribution in [0.1, 0.15) is 51.4 Å². The standard InChI is InChI=1S/C14H26N2O2/c15-14(17)13(9-11-5-2-1-3-6-11)16-10-12-7-4-8-18-12/h11-13,16H,1-10H2,(H2,15,17). The molecule has 2 aliphatic rings. The average Bonchev–Trinajstić information content (AvgIpc) is 2.88. The number of nitrogens with one attached hydrogen (secondary N) is 1. The van der Waals surface area contributed by atoms with Gasteiger partial charge < -0.3 is 15.8 Å². The zero-order chi connectivity index (χ0) is 12.8. The molecule has 2 rings (SSSR count). The van der Waals surface area contributed by atoms with E-state index in [-0.39, 0.29) is 18.1 Å². The van der Waals surface area contributed by atoms with Gasteiger partial charge in [-0.25, -0.2) is 0 Å². The van der Waals surface area contributed by atoms with E-state index in [2.05, 4.69) is 5.32 Å². The number of hydrogen-bond acceptors (Lipinski definition) is 3. The molecule has 18 heavy (non-hydrogen) atoms. The van der Waals surface area contributed by atoms with Crippen molar-refractivity contribution in [1.82, 2.24) is 5.32 Å². The highest BCUT2D eigenvalue weighted by atomic mass is 16.5. The van der Waals surface area contributed by atoms with Crippen molar-refractivity contribution in [2.45, 2.75) is 63.5 Å². The Labute approximate surface area is 110 Å². The van der Waals surface area contributed by atoms with E-state index in [0.29, 0.717) is 5.92 Å². The Bertz CT molecular complexity index is 259. The molecular weight excluding hydrogens is 228 g/mol. The molecule has 0 radical (unpaired) electrons. The van der Waals surface area contributed by atoms with Gasteiger partial charge in [0.2, 0.25) is 5.91 Å². The van der Waals surface area contributed by atoms with Crippen LogP contribution in [0.5, 0.6) is 0 Å².